The number of carboxylic acid groups (broad SMARTS) is 1. The van der Waals surface area contributed by atoms with Gasteiger partial charge in [0.2, 0.25) is 5.91 Å². The van der Waals surface area contributed by atoms with Crippen LogP contribution in [-0.4, -0.2) is 53.0 Å². The lowest BCUT2D eigenvalue weighted by molar-refractivity contribution is -0.137. The van der Waals surface area contributed by atoms with Crippen LogP contribution in [0.25, 0.3) is 0 Å². The number of carboxylic acids is 1. The van der Waals surface area contributed by atoms with E-state index in [0.717, 1.165) is 18.7 Å². The monoisotopic (exact) mass is 304 g/mol. The number of nitrogens with zero attached hydrogens (tertiary/aromatic N) is 2. The molecule has 0 radical (unpaired) electrons. The van der Waals surface area contributed by atoms with Crippen molar-refractivity contribution < 1.29 is 14.7 Å². The molecule has 5 heteroatoms. The van der Waals surface area contributed by atoms with Gasteiger partial charge in [0.1, 0.15) is 0 Å². The molecular formula is C17H24N2O3. The Kier molecular flexibility index (Phi) is 5.55. The summed E-state index contributed by atoms with van der Waals surface area (Å²) in [6.07, 6.45) is 0.754. The van der Waals surface area contributed by atoms with Crippen LogP contribution in [0.1, 0.15) is 36.9 Å². The minimum atomic E-state index is -0.764. The van der Waals surface area contributed by atoms with Crippen molar-refractivity contribution in [2.45, 2.75) is 32.7 Å². The Labute approximate surface area is 131 Å². The lowest BCUT2D eigenvalue weighted by Crippen LogP contribution is -2.49. The first kappa shape index (κ1) is 16.5. The third-order valence-electron chi connectivity index (χ3n) is 4.29. The molecule has 1 amide bonds. The quantitative estimate of drug-likeness (QED) is 0.904. The maximum absolute atomic E-state index is 11.4. The molecule has 1 aliphatic rings. The van der Waals surface area contributed by atoms with Crippen molar-refractivity contribution in [2.24, 2.45) is 0 Å². The second-order valence-corrected chi connectivity index (χ2v) is 5.90. The number of carbonyl (C=O) groups is 2. The number of hydrogen-bond acceptors (Lipinski definition) is 3. The Morgan fingerprint density at radius 2 is 1.73 bits per heavy atom. The van der Waals surface area contributed by atoms with E-state index in [4.69, 9.17) is 5.11 Å². The van der Waals surface area contributed by atoms with E-state index < -0.39 is 5.97 Å². The van der Waals surface area contributed by atoms with Gasteiger partial charge in [0.05, 0.1) is 0 Å². The molecule has 1 saturated heterocycles. The number of rotatable bonds is 5. The van der Waals surface area contributed by atoms with Crippen LogP contribution in [0, 0.1) is 6.92 Å². The molecule has 22 heavy (non-hydrogen) atoms. The highest BCUT2D eigenvalue weighted by atomic mass is 16.4. The van der Waals surface area contributed by atoms with Gasteiger partial charge in [0, 0.05) is 45.6 Å². The second-order valence-electron chi connectivity index (χ2n) is 5.90. The van der Waals surface area contributed by atoms with E-state index >= 15 is 0 Å². The van der Waals surface area contributed by atoms with Crippen LogP contribution < -0.4 is 0 Å². The van der Waals surface area contributed by atoms with Gasteiger partial charge in [-0.05, 0) is 18.9 Å². The highest BCUT2D eigenvalue weighted by Gasteiger charge is 2.26. The maximum Gasteiger partial charge on any atom is 0.303 e. The third kappa shape index (κ3) is 4.31. The SMILES string of the molecule is CC(=O)N1CCN([C@H](CCC(=O)O)c2ccc(C)cc2)CC1. The predicted octanol–water partition coefficient (Wildman–Crippen LogP) is 2.07. The second kappa shape index (κ2) is 7.40. The molecule has 1 aromatic rings. The third-order valence-corrected chi connectivity index (χ3v) is 4.29. The lowest BCUT2D eigenvalue weighted by atomic mass is 9.98. The molecule has 120 valence electrons. The lowest BCUT2D eigenvalue weighted by Gasteiger charge is -2.39. The number of piperazine rings is 1. The molecule has 1 aliphatic heterocycles. The van der Waals surface area contributed by atoms with Gasteiger partial charge in [-0.3, -0.25) is 14.5 Å². The summed E-state index contributed by atoms with van der Waals surface area (Å²) in [5, 5.41) is 9.00. The molecule has 1 aromatic carbocycles. The van der Waals surface area contributed by atoms with E-state index in [-0.39, 0.29) is 18.4 Å². The fraction of sp³-hybridized carbons (Fsp3) is 0.529. The van der Waals surface area contributed by atoms with Gasteiger partial charge >= 0.3 is 5.97 Å². The van der Waals surface area contributed by atoms with Crippen LogP contribution in [0.2, 0.25) is 0 Å². The van der Waals surface area contributed by atoms with Crippen LogP contribution in [-0.2, 0) is 9.59 Å². The summed E-state index contributed by atoms with van der Waals surface area (Å²) >= 11 is 0. The van der Waals surface area contributed by atoms with E-state index in [1.165, 1.54) is 5.56 Å². The molecule has 0 unspecified atom stereocenters. The van der Waals surface area contributed by atoms with E-state index in [1.807, 2.05) is 11.8 Å². The highest BCUT2D eigenvalue weighted by molar-refractivity contribution is 5.73. The summed E-state index contributed by atoms with van der Waals surface area (Å²) in [5.74, 6) is -0.656. The summed E-state index contributed by atoms with van der Waals surface area (Å²) < 4.78 is 0. The minimum Gasteiger partial charge on any atom is -0.481 e. The number of hydrogen-bond donors (Lipinski definition) is 1. The predicted molar refractivity (Wildman–Crippen MR) is 84.6 cm³/mol. The molecule has 0 saturated carbocycles. The summed E-state index contributed by atoms with van der Waals surface area (Å²) in [5.41, 5.74) is 2.35. The number of aliphatic carboxylic acids is 1. The zero-order valence-electron chi connectivity index (χ0n) is 13.3. The van der Waals surface area contributed by atoms with Crippen molar-refractivity contribution >= 4 is 11.9 Å². The molecule has 1 N–H and O–H groups in total. The van der Waals surface area contributed by atoms with Crippen LogP contribution >= 0.6 is 0 Å². The topological polar surface area (TPSA) is 60.9 Å². The molecule has 0 spiro atoms. The smallest absolute Gasteiger partial charge is 0.303 e. The molecule has 0 aliphatic carbocycles. The van der Waals surface area contributed by atoms with Gasteiger partial charge in [-0.25, -0.2) is 0 Å². The fourth-order valence-electron chi connectivity index (χ4n) is 2.96. The summed E-state index contributed by atoms with van der Waals surface area (Å²) in [6.45, 7) is 6.64. The number of amides is 1. The molecular weight excluding hydrogens is 280 g/mol. The minimum absolute atomic E-state index is 0.103. The summed E-state index contributed by atoms with van der Waals surface area (Å²) in [7, 11) is 0. The Morgan fingerprint density at radius 3 is 2.23 bits per heavy atom. The molecule has 2 rings (SSSR count). The zero-order chi connectivity index (χ0) is 16.1. The standard InChI is InChI=1S/C17H24N2O3/c1-13-3-5-15(6-4-13)16(7-8-17(21)22)19-11-9-18(10-12-19)14(2)20/h3-6,16H,7-12H2,1-2H3,(H,21,22)/t16-/m1/s1. The Bertz CT molecular complexity index is 519. The fourth-order valence-corrected chi connectivity index (χ4v) is 2.96. The first-order valence-corrected chi connectivity index (χ1v) is 7.75. The van der Waals surface area contributed by atoms with Crippen molar-refractivity contribution in [1.29, 1.82) is 0 Å². The summed E-state index contributed by atoms with van der Waals surface area (Å²) in [6, 6.07) is 8.40. The summed E-state index contributed by atoms with van der Waals surface area (Å²) in [4.78, 5) is 26.5. The van der Waals surface area contributed by atoms with Gasteiger partial charge in [-0.1, -0.05) is 29.8 Å². The van der Waals surface area contributed by atoms with Gasteiger partial charge in [0.15, 0.2) is 0 Å². The van der Waals surface area contributed by atoms with E-state index in [9.17, 15) is 9.59 Å². The average Bonchev–Trinajstić information content (AvgIpc) is 2.49. The number of carbonyl (C=O) groups excluding carboxylic acids is 1. The first-order valence-electron chi connectivity index (χ1n) is 7.75. The van der Waals surface area contributed by atoms with Crippen molar-refractivity contribution in [1.82, 2.24) is 9.80 Å². The van der Waals surface area contributed by atoms with Crippen LogP contribution in [0.3, 0.4) is 0 Å². The average molecular weight is 304 g/mol. The molecule has 1 atom stereocenters. The number of benzene rings is 1. The van der Waals surface area contributed by atoms with Crippen molar-refractivity contribution in [3.63, 3.8) is 0 Å². The van der Waals surface area contributed by atoms with E-state index in [2.05, 4.69) is 29.2 Å². The molecule has 0 aromatic heterocycles. The van der Waals surface area contributed by atoms with E-state index in [1.54, 1.807) is 6.92 Å². The Morgan fingerprint density at radius 1 is 1.14 bits per heavy atom. The number of aryl methyl sites for hydroxylation is 1. The zero-order valence-corrected chi connectivity index (χ0v) is 13.3. The van der Waals surface area contributed by atoms with Crippen LogP contribution in [0.4, 0.5) is 0 Å². The molecule has 1 fully saturated rings. The molecule has 1 heterocycles. The van der Waals surface area contributed by atoms with Gasteiger partial charge in [-0.2, -0.15) is 0 Å². The van der Waals surface area contributed by atoms with Crippen molar-refractivity contribution in [3.05, 3.63) is 35.4 Å². The van der Waals surface area contributed by atoms with Gasteiger partial charge < -0.3 is 10.0 Å². The van der Waals surface area contributed by atoms with Crippen molar-refractivity contribution in [3.8, 4) is 0 Å². The highest BCUT2D eigenvalue weighted by Crippen LogP contribution is 2.27. The van der Waals surface area contributed by atoms with E-state index in [0.29, 0.717) is 19.5 Å². The largest absolute Gasteiger partial charge is 0.481 e. The van der Waals surface area contributed by atoms with Crippen molar-refractivity contribution in [2.75, 3.05) is 26.2 Å². The van der Waals surface area contributed by atoms with Crippen LogP contribution in [0.5, 0.6) is 0 Å². The van der Waals surface area contributed by atoms with Gasteiger partial charge in [-0.15, -0.1) is 0 Å². The molecule has 0 bridgehead atoms. The van der Waals surface area contributed by atoms with Gasteiger partial charge in [0.25, 0.3) is 0 Å². The maximum atomic E-state index is 11.4. The normalized spacial score (nSPS) is 17.3. The van der Waals surface area contributed by atoms with Crippen LogP contribution in [0.15, 0.2) is 24.3 Å². The Hall–Kier alpha value is -1.88. The first-order chi connectivity index (χ1) is 10.5. The Balaban J connectivity index is 2.09. The molecule has 5 nitrogen and oxygen atoms in total.